The highest BCUT2D eigenvalue weighted by Crippen LogP contribution is 2.25. The molecular weight excluding hydrogens is 204 g/mol. The largest absolute Gasteiger partial charge is 0.493 e. The highest BCUT2D eigenvalue weighted by Gasteiger charge is 2.17. The van der Waals surface area contributed by atoms with Gasteiger partial charge in [0.1, 0.15) is 5.75 Å². The average molecular weight is 222 g/mol. The molecular formula is C13H18O3. The van der Waals surface area contributed by atoms with Gasteiger partial charge in [-0.2, -0.15) is 0 Å². The minimum Gasteiger partial charge on any atom is -0.493 e. The Kier molecular flexibility index (Phi) is 3.80. The van der Waals surface area contributed by atoms with Crippen molar-refractivity contribution in [3.8, 4) is 5.75 Å². The fourth-order valence-corrected chi connectivity index (χ4v) is 1.96. The van der Waals surface area contributed by atoms with Crippen LogP contribution in [0.3, 0.4) is 0 Å². The molecule has 16 heavy (non-hydrogen) atoms. The number of hydrogen-bond donors (Lipinski definition) is 1. The summed E-state index contributed by atoms with van der Waals surface area (Å²) in [6.45, 7) is 4.34. The van der Waals surface area contributed by atoms with E-state index in [0.717, 1.165) is 36.5 Å². The number of para-hydroxylation sites is 1. The maximum Gasteiger partial charge on any atom is 0.127 e. The quantitative estimate of drug-likeness (QED) is 0.845. The standard InChI is InChI=1S/C13H18O3/c1-10-3-2-4-12(7-14)13(10)16-9-11-5-6-15-8-11/h2-4,11,14H,5-9H2,1H3. The molecule has 88 valence electrons. The molecule has 0 bridgehead atoms. The highest BCUT2D eigenvalue weighted by atomic mass is 16.5. The van der Waals surface area contributed by atoms with Crippen molar-refractivity contribution in [2.24, 2.45) is 5.92 Å². The molecule has 0 saturated carbocycles. The molecule has 0 amide bonds. The molecule has 1 aliphatic rings. The van der Waals surface area contributed by atoms with E-state index in [1.165, 1.54) is 0 Å². The summed E-state index contributed by atoms with van der Waals surface area (Å²) in [7, 11) is 0. The van der Waals surface area contributed by atoms with Crippen molar-refractivity contribution in [1.82, 2.24) is 0 Å². The molecule has 1 atom stereocenters. The van der Waals surface area contributed by atoms with Crippen LogP contribution in [0.1, 0.15) is 17.5 Å². The number of ether oxygens (including phenoxy) is 2. The van der Waals surface area contributed by atoms with Gasteiger partial charge in [0.2, 0.25) is 0 Å². The fourth-order valence-electron chi connectivity index (χ4n) is 1.96. The first-order chi connectivity index (χ1) is 7.81. The predicted octanol–water partition coefficient (Wildman–Crippen LogP) is 1.90. The number of benzene rings is 1. The Morgan fingerprint density at radius 3 is 3.06 bits per heavy atom. The summed E-state index contributed by atoms with van der Waals surface area (Å²) in [4.78, 5) is 0. The lowest BCUT2D eigenvalue weighted by molar-refractivity contribution is 0.165. The lowest BCUT2D eigenvalue weighted by atomic mass is 10.1. The van der Waals surface area contributed by atoms with Crippen molar-refractivity contribution < 1.29 is 14.6 Å². The van der Waals surface area contributed by atoms with Crippen LogP contribution >= 0.6 is 0 Å². The second kappa shape index (κ2) is 5.32. The molecule has 1 N–H and O–H groups in total. The van der Waals surface area contributed by atoms with Crippen molar-refractivity contribution in [2.75, 3.05) is 19.8 Å². The third kappa shape index (κ3) is 2.54. The third-order valence-corrected chi connectivity index (χ3v) is 2.95. The van der Waals surface area contributed by atoms with E-state index in [2.05, 4.69) is 0 Å². The average Bonchev–Trinajstić information content (AvgIpc) is 2.80. The van der Waals surface area contributed by atoms with E-state index in [9.17, 15) is 5.11 Å². The number of rotatable bonds is 4. The molecule has 1 unspecified atom stereocenters. The number of aliphatic hydroxyl groups excluding tert-OH is 1. The lowest BCUT2D eigenvalue weighted by Crippen LogP contribution is -2.13. The van der Waals surface area contributed by atoms with Crippen LogP contribution in [0.25, 0.3) is 0 Å². The van der Waals surface area contributed by atoms with Gasteiger partial charge in [-0.3, -0.25) is 0 Å². The van der Waals surface area contributed by atoms with E-state index in [4.69, 9.17) is 9.47 Å². The van der Waals surface area contributed by atoms with E-state index >= 15 is 0 Å². The van der Waals surface area contributed by atoms with Crippen LogP contribution < -0.4 is 4.74 Å². The first-order valence-corrected chi connectivity index (χ1v) is 5.71. The summed E-state index contributed by atoms with van der Waals surface area (Å²) < 4.78 is 11.1. The Morgan fingerprint density at radius 1 is 1.50 bits per heavy atom. The van der Waals surface area contributed by atoms with E-state index in [-0.39, 0.29) is 6.61 Å². The molecule has 1 fully saturated rings. The monoisotopic (exact) mass is 222 g/mol. The topological polar surface area (TPSA) is 38.7 Å². The smallest absolute Gasteiger partial charge is 0.127 e. The van der Waals surface area contributed by atoms with Crippen LogP contribution in [0.15, 0.2) is 18.2 Å². The maximum absolute atomic E-state index is 9.23. The molecule has 3 nitrogen and oxygen atoms in total. The highest BCUT2D eigenvalue weighted by molar-refractivity contribution is 5.40. The van der Waals surface area contributed by atoms with Gasteiger partial charge in [0, 0.05) is 18.1 Å². The Morgan fingerprint density at radius 2 is 2.38 bits per heavy atom. The van der Waals surface area contributed by atoms with E-state index in [1.54, 1.807) is 0 Å². The minimum absolute atomic E-state index is 0.0260. The van der Waals surface area contributed by atoms with E-state index < -0.39 is 0 Å². The van der Waals surface area contributed by atoms with Crippen LogP contribution in [0, 0.1) is 12.8 Å². The fraction of sp³-hybridized carbons (Fsp3) is 0.538. The second-order valence-corrected chi connectivity index (χ2v) is 4.26. The van der Waals surface area contributed by atoms with Gasteiger partial charge in [0.05, 0.1) is 19.8 Å². The van der Waals surface area contributed by atoms with Gasteiger partial charge < -0.3 is 14.6 Å². The molecule has 1 aliphatic heterocycles. The Hall–Kier alpha value is -1.06. The first kappa shape index (κ1) is 11.4. The molecule has 1 saturated heterocycles. The van der Waals surface area contributed by atoms with Crippen LogP contribution in [-0.2, 0) is 11.3 Å². The Labute approximate surface area is 96.0 Å². The maximum atomic E-state index is 9.23. The SMILES string of the molecule is Cc1cccc(CO)c1OCC1CCOC1. The number of hydrogen-bond acceptors (Lipinski definition) is 3. The number of aliphatic hydroxyl groups is 1. The molecule has 3 heteroatoms. The minimum atomic E-state index is 0.0260. The number of aryl methyl sites for hydroxylation is 1. The van der Waals surface area contributed by atoms with Crippen molar-refractivity contribution >= 4 is 0 Å². The van der Waals surface area contributed by atoms with E-state index in [0.29, 0.717) is 12.5 Å². The van der Waals surface area contributed by atoms with Gasteiger partial charge in [-0.25, -0.2) is 0 Å². The molecule has 0 aliphatic carbocycles. The summed E-state index contributed by atoms with van der Waals surface area (Å²) in [5.41, 5.74) is 1.93. The summed E-state index contributed by atoms with van der Waals surface area (Å²) in [6, 6.07) is 5.83. The summed E-state index contributed by atoms with van der Waals surface area (Å²) >= 11 is 0. The van der Waals surface area contributed by atoms with E-state index in [1.807, 2.05) is 25.1 Å². The second-order valence-electron chi connectivity index (χ2n) is 4.26. The molecule has 1 aromatic carbocycles. The Bertz CT molecular complexity index is 343. The van der Waals surface area contributed by atoms with Gasteiger partial charge in [-0.05, 0) is 18.9 Å². The zero-order valence-corrected chi connectivity index (χ0v) is 9.61. The zero-order valence-electron chi connectivity index (χ0n) is 9.61. The molecule has 0 aromatic heterocycles. The van der Waals surface area contributed by atoms with Gasteiger partial charge in [0.25, 0.3) is 0 Å². The normalized spacial score (nSPS) is 20.0. The molecule has 1 aromatic rings. The van der Waals surface area contributed by atoms with Crippen LogP contribution in [-0.4, -0.2) is 24.9 Å². The molecule has 0 spiro atoms. The van der Waals surface area contributed by atoms with Gasteiger partial charge >= 0.3 is 0 Å². The van der Waals surface area contributed by atoms with Crippen molar-refractivity contribution in [3.63, 3.8) is 0 Å². The van der Waals surface area contributed by atoms with Crippen LogP contribution in [0.2, 0.25) is 0 Å². The molecule has 2 rings (SSSR count). The van der Waals surface area contributed by atoms with Crippen molar-refractivity contribution in [2.45, 2.75) is 20.0 Å². The summed E-state index contributed by atoms with van der Waals surface area (Å²) in [5, 5.41) is 9.23. The van der Waals surface area contributed by atoms with Crippen molar-refractivity contribution in [3.05, 3.63) is 29.3 Å². The summed E-state index contributed by atoms with van der Waals surface area (Å²) in [6.07, 6.45) is 1.07. The molecule has 0 radical (unpaired) electrons. The first-order valence-electron chi connectivity index (χ1n) is 5.71. The summed E-state index contributed by atoms with van der Waals surface area (Å²) in [5.74, 6) is 1.32. The van der Waals surface area contributed by atoms with Gasteiger partial charge in [-0.15, -0.1) is 0 Å². The predicted molar refractivity (Wildman–Crippen MR) is 61.5 cm³/mol. The lowest BCUT2D eigenvalue weighted by Gasteiger charge is -2.15. The van der Waals surface area contributed by atoms with Gasteiger partial charge in [-0.1, -0.05) is 18.2 Å². The van der Waals surface area contributed by atoms with Crippen molar-refractivity contribution in [1.29, 1.82) is 0 Å². The van der Waals surface area contributed by atoms with Crippen LogP contribution in [0.5, 0.6) is 5.75 Å². The Balaban J connectivity index is 2.01. The third-order valence-electron chi connectivity index (χ3n) is 2.95. The van der Waals surface area contributed by atoms with Crippen LogP contribution in [0.4, 0.5) is 0 Å². The molecule has 1 heterocycles. The zero-order chi connectivity index (χ0) is 11.4. The van der Waals surface area contributed by atoms with Gasteiger partial charge in [0.15, 0.2) is 0 Å².